The Morgan fingerprint density at radius 1 is 0.964 bits per heavy atom. The fourth-order valence-electron chi connectivity index (χ4n) is 9.21. The minimum atomic E-state index is -1.81. The van der Waals surface area contributed by atoms with Crippen LogP contribution in [0.4, 0.5) is 0 Å². The molecule has 18 atom stereocenters. The quantitative estimate of drug-likeness (QED) is 0.118. The molecule has 0 aromatic heterocycles. The van der Waals surface area contributed by atoms with Crippen LogP contribution in [-0.2, 0) is 33.2 Å². The molecule has 56 heavy (non-hydrogen) atoms. The standard InChI is InChI=1S/C41H79N3O12/c1-15-17-42-22-41(50)28(8)53-31(20-39(41,10)51-14)55-33-25(5)35(56-37-32(45)29(44(12)13)18-24(4)52-37)38(9,48)19-23(3)21-43-27(7)34(46)40(11,49)30(16-2)54-36(47)26(33)6/h23-35,37,42-43,45-46,48-50H,15-22H2,1-14H3/t23-,24-,25+,26?,27-,28+,29+,30-,31+,32-,33-,34-,35?,37+,38-,39-,40-,41+/m1/s1. The summed E-state index contributed by atoms with van der Waals surface area (Å²) < 4.78 is 38.3. The van der Waals surface area contributed by atoms with E-state index in [4.69, 9.17) is 28.4 Å². The Hall–Kier alpha value is -1.05. The number of nitrogens with one attached hydrogen (secondary N) is 2. The van der Waals surface area contributed by atoms with Crippen molar-refractivity contribution in [3.8, 4) is 0 Å². The number of carbonyl (C=O) groups excluding carboxylic acids is 1. The van der Waals surface area contributed by atoms with Gasteiger partial charge < -0.3 is 69.5 Å². The number of likely N-dealkylation sites (N-methyl/N-ethyl adjacent to an activating group) is 1. The minimum absolute atomic E-state index is 0.0939. The summed E-state index contributed by atoms with van der Waals surface area (Å²) in [4.78, 5) is 16.2. The van der Waals surface area contributed by atoms with Crippen molar-refractivity contribution in [2.45, 2.75) is 198 Å². The first kappa shape index (κ1) is 49.3. The van der Waals surface area contributed by atoms with Gasteiger partial charge in [0.15, 0.2) is 12.6 Å². The molecule has 0 radical (unpaired) electrons. The van der Waals surface area contributed by atoms with Gasteiger partial charge in [0.25, 0.3) is 0 Å². The maximum atomic E-state index is 14.3. The van der Waals surface area contributed by atoms with Gasteiger partial charge in [-0.1, -0.05) is 27.7 Å². The summed E-state index contributed by atoms with van der Waals surface area (Å²) in [5.41, 5.74) is -5.95. The highest BCUT2D eigenvalue weighted by atomic mass is 16.7. The highest BCUT2D eigenvalue weighted by Gasteiger charge is 2.58. The third-order valence-corrected chi connectivity index (χ3v) is 13.0. The van der Waals surface area contributed by atoms with Gasteiger partial charge in [0.05, 0.1) is 35.9 Å². The van der Waals surface area contributed by atoms with E-state index in [1.165, 1.54) is 14.0 Å². The van der Waals surface area contributed by atoms with Crippen molar-refractivity contribution in [1.82, 2.24) is 15.5 Å². The summed E-state index contributed by atoms with van der Waals surface area (Å²) in [6.45, 7) is 20.9. The number of rotatable bonds is 11. The fourth-order valence-corrected chi connectivity index (χ4v) is 9.21. The SMILES string of the molecule is CCCNC[C@]1(O)[C@H](C)O[C@@H](O[C@H]2C(C)C(=O)O[C@H](CC)[C@@](C)(O)[C@H](O)[C@@H](C)NC[C@H](C)C[C@@](C)(O)C(O[C@@H]3O[C@H](C)C[C@H](N(C)C)[C@H]3O)[C@H]2C)C[C@@]1(C)OC. The molecule has 0 amide bonds. The average molecular weight is 806 g/mol. The van der Waals surface area contributed by atoms with Crippen LogP contribution in [0.1, 0.15) is 108 Å². The van der Waals surface area contributed by atoms with E-state index in [0.717, 1.165) is 6.42 Å². The first-order valence-corrected chi connectivity index (χ1v) is 20.9. The molecule has 0 aromatic carbocycles. The van der Waals surface area contributed by atoms with Crippen molar-refractivity contribution in [3.63, 3.8) is 0 Å². The van der Waals surface area contributed by atoms with Crippen molar-refractivity contribution in [2.75, 3.05) is 40.8 Å². The molecule has 7 N–H and O–H groups in total. The second kappa shape index (κ2) is 20.0. The third-order valence-electron chi connectivity index (χ3n) is 13.0. The number of hydrogen-bond acceptors (Lipinski definition) is 15. The first-order valence-electron chi connectivity index (χ1n) is 20.9. The second-order valence-electron chi connectivity index (χ2n) is 18.2. The van der Waals surface area contributed by atoms with Crippen LogP contribution < -0.4 is 10.6 Å². The maximum absolute atomic E-state index is 14.3. The van der Waals surface area contributed by atoms with Crippen molar-refractivity contribution in [3.05, 3.63) is 0 Å². The average Bonchev–Trinajstić information content (AvgIpc) is 3.12. The molecule has 0 saturated carbocycles. The van der Waals surface area contributed by atoms with Crippen LogP contribution in [0.15, 0.2) is 0 Å². The number of esters is 1. The zero-order chi connectivity index (χ0) is 42.6. The lowest BCUT2D eigenvalue weighted by molar-refractivity contribution is -0.336. The monoisotopic (exact) mass is 806 g/mol. The summed E-state index contributed by atoms with van der Waals surface area (Å²) in [6.07, 6.45) is -6.71. The molecule has 15 heteroatoms. The number of cyclic esters (lactones) is 1. The molecule has 3 rings (SSSR count). The Labute approximate surface area is 336 Å². The number of nitrogens with zero attached hydrogens (tertiary/aromatic N) is 1. The number of methoxy groups -OCH3 is 1. The van der Waals surface area contributed by atoms with Gasteiger partial charge >= 0.3 is 5.97 Å². The first-order chi connectivity index (χ1) is 25.9. The van der Waals surface area contributed by atoms with E-state index in [0.29, 0.717) is 19.5 Å². The lowest BCUT2D eigenvalue weighted by Gasteiger charge is -2.53. The zero-order valence-corrected chi connectivity index (χ0v) is 36.8. The normalized spacial score (nSPS) is 47.9. The second-order valence-corrected chi connectivity index (χ2v) is 18.2. The Bertz CT molecular complexity index is 1230. The summed E-state index contributed by atoms with van der Waals surface area (Å²) in [5, 5.41) is 65.8. The van der Waals surface area contributed by atoms with Crippen molar-refractivity contribution in [2.24, 2.45) is 17.8 Å². The maximum Gasteiger partial charge on any atom is 0.311 e. The summed E-state index contributed by atoms with van der Waals surface area (Å²) in [7, 11) is 5.31. The molecule has 3 aliphatic heterocycles. The molecule has 0 aromatic rings. The van der Waals surface area contributed by atoms with Crippen LogP contribution in [0.2, 0.25) is 0 Å². The molecule has 3 heterocycles. The van der Waals surface area contributed by atoms with Gasteiger partial charge in [-0.3, -0.25) is 4.79 Å². The predicted molar refractivity (Wildman–Crippen MR) is 212 cm³/mol. The third kappa shape index (κ3) is 11.0. The highest BCUT2D eigenvalue weighted by Crippen LogP contribution is 2.43. The molecule has 2 unspecified atom stereocenters. The van der Waals surface area contributed by atoms with Crippen LogP contribution in [0.25, 0.3) is 0 Å². The Morgan fingerprint density at radius 2 is 1.61 bits per heavy atom. The molecule has 330 valence electrons. The van der Waals surface area contributed by atoms with E-state index in [1.54, 1.807) is 34.6 Å². The van der Waals surface area contributed by atoms with E-state index < -0.39 is 95.5 Å². The van der Waals surface area contributed by atoms with Gasteiger partial charge in [0.1, 0.15) is 35.1 Å². The van der Waals surface area contributed by atoms with Gasteiger partial charge in [-0.25, -0.2) is 0 Å². The number of hydrogen-bond donors (Lipinski definition) is 7. The van der Waals surface area contributed by atoms with Crippen molar-refractivity contribution < 1.29 is 58.7 Å². The molecule has 15 nitrogen and oxygen atoms in total. The van der Waals surface area contributed by atoms with Gasteiger partial charge in [-0.05, 0) is 107 Å². The molecule has 3 aliphatic rings. The summed E-state index contributed by atoms with van der Waals surface area (Å²) >= 11 is 0. The van der Waals surface area contributed by atoms with Crippen molar-refractivity contribution >= 4 is 5.97 Å². The molecule has 0 aliphatic carbocycles. The lowest BCUT2D eigenvalue weighted by atomic mass is 9.75. The molecule has 3 fully saturated rings. The minimum Gasteiger partial charge on any atom is -0.459 e. The van der Waals surface area contributed by atoms with E-state index in [2.05, 4.69) is 10.6 Å². The number of aliphatic hydroxyl groups excluding tert-OH is 2. The van der Waals surface area contributed by atoms with Crippen LogP contribution in [0, 0.1) is 17.8 Å². The number of ether oxygens (including phenoxy) is 6. The van der Waals surface area contributed by atoms with Crippen LogP contribution in [0.3, 0.4) is 0 Å². The van der Waals surface area contributed by atoms with Gasteiger partial charge in [0.2, 0.25) is 0 Å². The van der Waals surface area contributed by atoms with Crippen LogP contribution >= 0.6 is 0 Å². The highest BCUT2D eigenvalue weighted by molar-refractivity contribution is 5.73. The Kier molecular flexibility index (Phi) is 17.6. The zero-order valence-electron chi connectivity index (χ0n) is 36.8. The number of aliphatic hydroxyl groups is 5. The van der Waals surface area contributed by atoms with E-state index in [1.807, 2.05) is 53.6 Å². The van der Waals surface area contributed by atoms with Gasteiger partial charge in [-0.15, -0.1) is 0 Å². The number of carbonyl (C=O) groups is 1. The largest absolute Gasteiger partial charge is 0.459 e. The molecular formula is C41H79N3O12. The lowest BCUT2D eigenvalue weighted by Crippen LogP contribution is -2.70. The fraction of sp³-hybridized carbons (Fsp3) is 0.976. The summed E-state index contributed by atoms with van der Waals surface area (Å²) in [5.74, 6) is -2.66. The van der Waals surface area contributed by atoms with Gasteiger partial charge in [0, 0.05) is 38.1 Å². The topological polar surface area (TPSA) is 201 Å². The smallest absolute Gasteiger partial charge is 0.311 e. The molecular weight excluding hydrogens is 726 g/mol. The van der Waals surface area contributed by atoms with E-state index in [-0.39, 0.29) is 43.9 Å². The van der Waals surface area contributed by atoms with Crippen LogP contribution in [-0.4, -0.2) is 167 Å². The molecule has 0 spiro atoms. The molecule has 0 bridgehead atoms. The molecule has 3 saturated heterocycles. The van der Waals surface area contributed by atoms with Crippen molar-refractivity contribution in [1.29, 1.82) is 0 Å². The van der Waals surface area contributed by atoms with Gasteiger partial charge in [-0.2, -0.15) is 0 Å². The Morgan fingerprint density at radius 3 is 2.18 bits per heavy atom. The van der Waals surface area contributed by atoms with E-state index in [9.17, 15) is 30.3 Å². The predicted octanol–water partition coefficient (Wildman–Crippen LogP) is 1.93. The van der Waals surface area contributed by atoms with E-state index >= 15 is 0 Å². The Balaban J connectivity index is 2.16. The van der Waals surface area contributed by atoms with Crippen LogP contribution in [0.5, 0.6) is 0 Å². The summed E-state index contributed by atoms with van der Waals surface area (Å²) in [6, 6.07) is -0.877.